The van der Waals surface area contributed by atoms with Crippen LogP contribution < -0.4 is 4.90 Å². The van der Waals surface area contributed by atoms with Gasteiger partial charge >= 0.3 is 0 Å². The fourth-order valence-corrected chi connectivity index (χ4v) is 15.3. The number of anilines is 3. The summed E-state index contributed by atoms with van der Waals surface area (Å²) in [5.74, 6) is 0. The largest absolute Gasteiger partial charge is 0.456 e. The van der Waals surface area contributed by atoms with E-state index in [-0.39, 0.29) is 10.8 Å². The summed E-state index contributed by atoms with van der Waals surface area (Å²) in [6, 6.07) is 92.0. The minimum atomic E-state index is -0.404. The van der Waals surface area contributed by atoms with Crippen LogP contribution in [0.15, 0.2) is 258 Å². The highest BCUT2D eigenvalue weighted by Crippen LogP contribution is 2.61. The van der Waals surface area contributed by atoms with Gasteiger partial charge in [-0.2, -0.15) is 0 Å². The van der Waals surface area contributed by atoms with Gasteiger partial charge in [0.25, 0.3) is 0 Å². The van der Waals surface area contributed by atoms with Crippen molar-refractivity contribution in [3.8, 4) is 77.9 Å². The molecule has 0 saturated carbocycles. The maximum Gasteiger partial charge on any atom is 0.143 e. The molecule has 3 nitrogen and oxygen atoms in total. The van der Waals surface area contributed by atoms with Gasteiger partial charge in [-0.25, -0.2) is 0 Å². The molecule has 12 aromatic carbocycles. The minimum Gasteiger partial charge on any atom is -0.456 e. The molecule has 0 N–H and O–H groups in total. The van der Waals surface area contributed by atoms with Crippen LogP contribution in [0.5, 0.6) is 0 Å². The standard InChI is InChI=1S/C81H59NO2/c1-79(2)64-41-42-72-75(59-31-18-20-35-70(59)83-72)74(64)63-47-67-61(45-68(63)79)57-39-37-51(43-65(57)80(67,3)4)82(77-54(49-25-12-8-13-26-49)33-22-34-55(77)50-27-14-9-15-28-50)52-38-40-58-66(44-52)81(5,6)69-46-62(56-30-17-16-29-53(56)48-23-10-7-11-24-48)78-76(73(58)69)60-32-19-21-36-71(60)84-78/h7-47H,1-6H3. The first-order valence-corrected chi connectivity index (χ1v) is 29.6. The van der Waals surface area contributed by atoms with Crippen molar-refractivity contribution >= 4 is 60.9 Å². The van der Waals surface area contributed by atoms with Gasteiger partial charge in [0.05, 0.1) is 5.69 Å². The second-order valence-corrected chi connectivity index (χ2v) is 25.1. The van der Waals surface area contributed by atoms with Gasteiger partial charge in [0.1, 0.15) is 22.3 Å². The lowest BCUT2D eigenvalue weighted by Crippen LogP contribution is -2.19. The van der Waals surface area contributed by atoms with Gasteiger partial charge in [-0.1, -0.05) is 230 Å². The third-order valence-electron chi connectivity index (χ3n) is 19.5. The highest BCUT2D eigenvalue weighted by Gasteiger charge is 2.44. The van der Waals surface area contributed by atoms with Crippen LogP contribution in [-0.2, 0) is 16.2 Å². The molecule has 0 spiro atoms. The Bertz CT molecular complexity index is 5030. The first kappa shape index (κ1) is 48.7. The van der Waals surface area contributed by atoms with E-state index in [0.717, 1.165) is 78.2 Å². The van der Waals surface area contributed by atoms with Gasteiger partial charge in [-0.15, -0.1) is 0 Å². The third-order valence-corrected chi connectivity index (χ3v) is 19.5. The van der Waals surface area contributed by atoms with Gasteiger partial charge in [-0.05, 0) is 155 Å². The van der Waals surface area contributed by atoms with E-state index >= 15 is 0 Å². The average Bonchev–Trinajstić information content (AvgIpc) is 2.68. The fourth-order valence-electron chi connectivity index (χ4n) is 15.3. The molecular weight excluding hydrogens is 1020 g/mol. The number of benzene rings is 12. The van der Waals surface area contributed by atoms with Crippen LogP contribution >= 0.6 is 0 Å². The van der Waals surface area contributed by atoms with E-state index in [9.17, 15) is 0 Å². The Hall–Kier alpha value is -9.96. The molecule has 0 unspecified atom stereocenters. The van der Waals surface area contributed by atoms with E-state index in [1.54, 1.807) is 0 Å². The van der Waals surface area contributed by atoms with Crippen molar-refractivity contribution in [2.24, 2.45) is 0 Å². The van der Waals surface area contributed by atoms with Crippen molar-refractivity contribution in [2.75, 3.05) is 4.90 Å². The SMILES string of the molecule is CC1(C)c2cc(N(c3ccc4c(c3)C(C)(C)c3cc(-c5ccccc5-c5ccccc5)c5oc6ccccc6c5c3-4)c3c(-c4ccccc4)cccc3-c3ccccc3)ccc2-c2cc3c(cc21)-c1c(ccc2oc4ccccc4c12)C3(C)C. The van der Waals surface area contributed by atoms with Crippen LogP contribution in [0, 0.1) is 0 Å². The second kappa shape index (κ2) is 17.5. The summed E-state index contributed by atoms with van der Waals surface area (Å²) < 4.78 is 13.6. The molecule has 14 aromatic rings. The predicted molar refractivity (Wildman–Crippen MR) is 350 cm³/mol. The normalized spacial score (nSPS) is 14.6. The Morgan fingerprint density at radius 1 is 0.274 bits per heavy atom. The zero-order chi connectivity index (χ0) is 56.4. The molecular formula is C81H59NO2. The Balaban J connectivity index is 0.889. The van der Waals surface area contributed by atoms with E-state index in [1.165, 1.54) is 94.0 Å². The van der Waals surface area contributed by atoms with Gasteiger partial charge in [0, 0.05) is 65.9 Å². The molecule has 0 radical (unpaired) electrons. The summed E-state index contributed by atoms with van der Waals surface area (Å²) >= 11 is 0. The van der Waals surface area contributed by atoms with Crippen molar-refractivity contribution in [1.29, 1.82) is 0 Å². The van der Waals surface area contributed by atoms with E-state index in [1.807, 2.05) is 0 Å². The molecule has 400 valence electrons. The fraction of sp³-hybridized carbons (Fsp3) is 0.111. The van der Waals surface area contributed by atoms with Crippen LogP contribution in [0.4, 0.5) is 17.1 Å². The third kappa shape index (κ3) is 6.75. The highest BCUT2D eigenvalue weighted by atomic mass is 16.3. The van der Waals surface area contributed by atoms with Gasteiger partial charge in [0.15, 0.2) is 0 Å². The molecule has 0 fully saturated rings. The molecule has 0 atom stereocenters. The Morgan fingerprint density at radius 2 is 0.726 bits per heavy atom. The molecule has 2 heterocycles. The number of furan rings is 2. The van der Waals surface area contributed by atoms with Crippen molar-refractivity contribution in [3.63, 3.8) is 0 Å². The van der Waals surface area contributed by atoms with E-state index < -0.39 is 5.41 Å². The zero-order valence-electron chi connectivity index (χ0n) is 47.9. The van der Waals surface area contributed by atoms with E-state index in [4.69, 9.17) is 8.83 Å². The number of rotatable bonds is 7. The predicted octanol–water partition coefficient (Wildman–Crippen LogP) is 22.5. The number of hydrogen-bond acceptors (Lipinski definition) is 3. The number of nitrogens with zero attached hydrogens (tertiary/aromatic N) is 1. The topological polar surface area (TPSA) is 29.5 Å². The molecule has 0 bridgehead atoms. The lowest BCUT2D eigenvalue weighted by Gasteiger charge is -2.33. The summed E-state index contributed by atoms with van der Waals surface area (Å²) in [6.07, 6.45) is 0. The van der Waals surface area contributed by atoms with Crippen LogP contribution in [0.2, 0.25) is 0 Å². The molecule has 0 saturated heterocycles. The molecule has 3 heteroatoms. The first-order valence-electron chi connectivity index (χ1n) is 29.6. The maximum atomic E-state index is 7.07. The van der Waals surface area contributed by atoms with Crippen molar-refractivity contribution in [1.82, 2.24) is 0 Å². The van der Waals surface area contributed by atoms with Crippen molar-refractivity contribution in [3.05, 3.63) is 282 Å². The Morgan fingerprint density at radius 3 is 1.38 bits per heavy atom. The summed E-state index contributed by atoms with van der Waals surface area (Å²) in [5, 5.41) is 4.68. The van der Waals surface area contributed by atoms with Crippen molar-refractivity contribution < 1.29 is 8.83 Å². The first-order chi connectivity index (χ1) is 40.9. The molecule has 2 aromatic heterocycles. The summed E-state index contributed by atoms with van der Waals surface area (Å²) in [7, 11) is 0. The minimum absolute atomic E-state index is 0.212. The highest BCUT2D eigenvalue weighted by molar-refractivity contribution is 6.20. The van der Waals surface area contributed by atoms with Gasteiger partial charge in [-0.3, -0.25) is 0 Å². The van der Waals surface area contributed by atoms with Crippen molar-refractivity contribution in [2.45, 2.75) is 57.8 Å². The summed E-state index contributed by atoms with van der Waals surface area (Å²) in [5.41, 5.74) is 31.0. The lowest BCUT2D eigenvalue weighted by atomic mass is 9.79. The number of para-hydroxylation sites is 3. The number of hydrogen-bond donors (Lipinski definition) is 0. The lowest BCUT2D eigenvalue weighted by molar-refractivity contribution is 0.651. The van der Waals surface area contributed by atoms with E-state index in [2.05, 4.69) is 295 Å². The molecule has 84 heavy (non-hydrogen) atoms. The van der Waals surface area contributed by atoms with Crippen LogP contribution in [0.1, 0.15) is 74.9 Å². The Labute approximate surface area is 489 Å². The van der Waals surface area contributed by atoms with E-state index in [0.29, 0.717) is 0 Å². The van der Waals surface area contributed by atoms with Crippen LogP contribution in [0.25, 0.3) is 122 Å². The molecule has 0 amide bonds. The maximum absolute atomic E-state index is 7.07. The quantitative estimate of drug-likeness (QED) is 0.159. The number of fused-ring (bicyclic) bond motifs is 17. The smallest absolute Gasteiger partial charge is 0.143 e. The molecule has 3 aliphatic rings. The summed E-state index contributed by atoms with van der Waals surface area (Å²) in [6.45, 7) is 14.5. The average molecular weight is 1080 g/mol. The molecule has 0 aliphatic heterocycles. The molecule has 3 aliphatic carbocycles. The van der Waals surface area contributed by atoms with Gasteiger partial charge < -0.3 is 13.7 Å². The monoisotopic (exact) mass is 1080 g/mol. The molecule has 17 rings (SSSR count). The summed E-state index contributed by atoms with van der Waals surface area (Å²) in [4.78, 5) is 2.58. The van der Waals surface area contributed by atoms with Gasteiger partial charge in [0.2, 0.25) is 0 Å². The van der Waals surface area contributed by atoms with Crippen LogP contribution in [-0.4, -0.2) is 0 Å². The zero-order valence-corrected chi connectivity index (χ0v) is 47.9. The second-order valence-electron chi connectivity index (χ2n) is 25.1. The Kier molecular flexibility index (Phi) is 10.2. The van der Waals surface area contributed by atoms with Crippen LogP contribution in [0.3, 0.4) is 0 Å².